The van der Waals surface area contributed by atoms with Gasteiger partial charge in [-0.05, 0) is 13.5 Å². The number of nitrogens with zero attached hydrogens (tertiary/aromatic N) is 2. The van der Waals surface area contributed by atoms with E-state index in [2.05, 4.69) is 16.8 Å². The molecule has 0 spiro atoms. The third-order valence-electron chi connectivity index (χ3n) is 3.26. The molecular formula is C14H30N2O2. The summed E-state index contributed by atoms with van der Waals surface area (Å²) in [4.78, 5) is 16.1. The van der Waals surface area contributed by atoms with Crippen LogP contribution in [0.15, 0.2) is 0 Å². The molecule has 1 rings (SSSR count). The van der Waals surface area contributed by atoms with Gasteiger partial charge in [0.2, 0.25) is 0 Å². The number of hydrogen-bond donors (Lipinski definition) is 0. The first-order chi connectivity index (χ1) is 8.63. The van der Waals surface area contributed by atoms with E-state index < -0.39 is 0 Å². The highest BCUT2D eigenvalue weighted by Gasteiger charge is 2.15. The van der Waals surface area contributed by atoms with Crippen molar-refractivity contribution < 1.29 is 9.53 Å². The molecule has 0 aliphatic carbocycles. The van der Waals surface area contributed by atoms with Crippen LogP contribution in [0.1, 0.15) is 34.1 Å². The first-order valence-corrected chi connectivity index (χ1v) is 7.21. The van der Waals surface area contributed by atoms with Crippen molar-refractivity contribution in [1.82, 2.24) is 9.80 Å². The fourth-order valence-corrected chi connectivity index (χ4v) is 1.66. The van der Waals surface area contributed by atoms with Gasteiger partial charge in [0.15, 0.2) is 0 Å². The summed E-state index contributed by atoms with van der Waals surface area (Å²) in [5.74, 6) is -0.0240. The highest BCUT2D eigenvalue weighted by molar-refractivity contribution is 5.71. The van der Waals surface area contributed by atoms with E-state index in [1.165, 1.54) is 0 Å². The summed E-state index contributed by atoms with van der Waals surface area (Å²) in [5, 5.41) is 0. The second-order valence-electron chi connectivity index (χ2n) is 4.62. The largest absolute Gasteiger partial charge is 0.464 e. The van der Waals surface area contributed by atoms with Crippen LogP contribution in [0.4, 0.5) is 0 Å². The smallest absolute Gasteiger partial charge is 0.308 e. The van der Waals surface area contributed by atoms with Gasteiger partial charge in [-0.15, -0.1) is 0 Å². The van der Waals surface area contributed by atoms with E-state index in [4.69, 9.17) is 4.74 Å². The molecule has 1 fully saturated rings. The van der Waals surface area contributed by atoms with Gasteiger partial charge in [0, 0.05) is 32.7 Å². The van der Waals surface area contributed by atoms with Gasteiger partial charge in [0.05, 0.1) is 5.92 Å². The lowest BCUT2D eigenvalue weighted by Crippen LogP contribution is -2.45. The standard InChI is InChI=1S/C12H24N2O2.C2H6/c1-4-11(2)12(15)16-10-9-14-7-5-13(3)6-8-14;1-2/h11H,4-10H2,1-3H3;1-2H3. The van der Waals surface area contributed by atoms with Crippen molar-refractivity contribution in [2.75, 3.05) is 46.4 Å². The zero-order chi connectivity index (χ0) is 14.0. The molecule has 18 heavy (non-hydrogen) atoms. The molecule has 0 aromatic rings. The van der Waals surface area contributed by atoms with Crippen LogP contribution in [-0.4, -0.2) is 62.1 Å². The Morgan fingerprint density at radius 2 is 1.78 bits per heavy atom. The molecule has 108 valence electrons. The molecule has 1 aliphatic heterocycles. The summed E-state index contributed by atoms with van der Waals surface area (Å²) >= 11 is 0. The lowest BCUT2D eigenvalue weighted by Gasteiger charge is -2.32. The van der Waals surface area contributed by atoms with Gasteiger partial charge in [-0.1, -0.05) is 27.7 Å². The van der Waals surface area contributed by atoms with Gasteiger partial charge in [-0.3, -0.25) is 9.69 Å². The van der Waals surface area contributed by atoms with Crippen LogP contribution in [0.3, 0.4) is 0 Å². The molecule has 0 aromatic carbocycles. The number of carbonyl (C=O) groups is 1. The highest BCUT2D eigenvalue weighted by atomic mass is 16.5. The molecule has 0 N–H and O–H groups in total. The van der Waals surface area contributed by atoms with Gasteiger partial charge in [-0.2, -0.15) is 0 Å². The van der Waals surface area contributed by atoms with Crippen LogP contribution >= 0.6 is 0 Å². The molecule has 1 heterocycles. The lowest BCUT2D eigenvalue weighted by molar-refractivity contribution is -0.148. The molecule has 4 heteroatoms. The number of esters is 1. The average Bonchev–Trinajstić information content (AvgIpc) is 2.42. The zero-order valence-electron chi connectivity index (χ0n) is 12.7. The summed E-state index contributed by atoms with van der Waals surface area (Å²) in [7, 11) is 2.14. The minimum Gasteiger partial charge on any atom is -0.464 e. The van der Waals surface area contributed by atoms with E-state index in [1.807, 2.05) is 27.7 Å². The van der Waals surface area contributed by atoms with Crippen LogP contribution in [-0.2, 0) is 9.53 Å². The Labute approximate surface area is 112 Å². The minimum absolute atomic E-state index is 0.0347. The summed E-state index contributed by atoms with van der Waals surface area (Å²) in [6, 6.07) is 0. The van der Waals surface area contributed by atoms with E-state index in [0.29, 0.717) is 6.61 Å². The molecule has 1 saturated heterocycles. The summed E-state index contributed by atoms with van der Waals surface area (Å²) in [5.41, 5.74) is 0. The quantitative estimate of drug-likeness (QED) is 0.705. The Hall–Kier alpha value is -0.610. The number of ether oxygens (including phenoxy) is 1. The average molecular weight is 258 g/mol. The van der Waals surface area contributed by atoms with E-state index in [1.54, 1.807) is 0 Å². The predicted molar refractivity (Wildman–Crippen MR) is 75.7 cm³/mol. The summed E-state index contributed by atoms with van der Waals surface area (Å²) in [6.07, 6.45) is 0.855. The Bertz CT molecular complexity index is 214. The highest BCUT2D eigenvalue weighted by Crippen LogP contribution is 2.04. The van der Waals surface area contributed by atoms with Gasteiger partial charge in [-0.25, -0.2) is 0 Å². The molecule has 1 unspecified atom stereocenters. The Morgan fingerprint density at radius 3 is 2.28 bits per heavy atom. The maximum Gasteiger partial charge on any atom is 0.308 e. The van der Waals surface area contributed by atoms with Crippen molar-refractivity contribution in [2.24, 2.45) is 5.92 Å². The Kier molecular flexibility index (Phi) is 9.98. The van der Waals surface area contributed by atoms with Gasteiger partial charge >= 0.3 is 5.97 Å². The van der Waals surface area contributed by atoms with Gasteiger partial charge in [0.25, 0.3) is 0 Å². The van der Waals surface area contributed by atoms with Crippen LogP contribution in [0.5, 0.6) is 0 Å². The first kappa shape index (κ1) is 17.4. The van der Waals surface area contributed by atoms with E-state index in [0.717, 1.165) is 39.1 Å². The van der Waals surface area contributed by atoms with Gasteiger partial charge in [0.1, 0.15) is 6.61 Å². The maximum atomic E-state index is 11.4. The van der Waals surface area contributed by atoms with Crippen molar-refractivity contribution in [3.8, 4) is 0 Å². The van der Waals surface area contributed by atoms with Crippen molar-refractivity contribution in [2.45, 2.75) is 34.1 Å². The van der Waals surface area contributed by atoms with Crippen LogP contribution < -0.4 is 0 Å². The molecule has 1 aliphatic rings. The zero-order valence-corrected chi connectivity index (χ0v) is 12.7. The number of likely N-dealkylation sites (N-methyl/N-ethyl adjacent to an activating group) is 1. The second kappa shape index (κ2) is 10.3. The first-order valence-electron chi connectivity index (χ1n) is 7.21. The van der Waals surface area contributed by atoms with Crippen molar-refractivity contribution in [1.29, 1.82) is 0 Å². The van der Waals surface area contributed by atoms with E-state index in [9.17, 15) is 4.79 Å². The van der Waals surface area contributed by atoms with Crippen molar-refractivity contribution in [3.05, 3.63) is 0 Å². The van der Waals surface area contributed by atoms with Crippen LogP contribution in [0.25, 0.3) is 0 Å². The number of hydrogen-bond acceptors (Lipinski definition) is 4. The molecule has 0 aromatic heterocycles. The fraction of sp³-hybridized carbons (Fsp3) is 0.929. The Morgan fingerprint density at radius 1 is 1.22 bits per heavy atom. The molecule has 1 atom stereocenters. The third kappa shape index (κ3) is 6.97. The molecule has 0 bridgehead atoms. The molecule has 0 amide bonds. The predicted octanol–water partition coefficient (Wildman–Crippen LogP) is 1.85. The lowest BCUT2D eigenvalue weighted by atomic mass is 10.1. The Balaban J connectivity index is 0.00000137. The molecular weight excluding hydrogens is 228 g/mol. The third-order valence-corrected chi connectivity index (χ3v) is 3.26. The number of piperazine rings is 1. The van der Waals surface area contributed by atoms with E-state index >= 15 is 0 Å². The minimum atomic E-state index is -0.0587. The van der Waals surface area contributed by atoms with Crippen LogP contribution in [0.2, 0.25) is 0 Å². The molecule has 4 nitrogen and oxygen atoms in total. The normalized spacial score (nSPS) is 18.7. The van der Waals surface area contributed by atoms with Gasteiger partial charge < -0.3 is 9.64 Å². The van der Waals surface area contributed by atoms with Crippen molar-refractivity contribution >= 4 is 5.97 Å². The van der Waals surface area contributed by atoms with Crippen molar-refractivity contribution in [3.63, 3.8) is 0 Å². The molecule has 0 saturated carbocycles. The number of carbonyl (C=O) groups excluding carboxylic acids is 1. The summed E-state index contributed by atoms with van der Waals surface area (Å²) in [6.45, 7) is 13.7. The second-order valence-corrected chi connectivity index (χ2v) is 4.62. The monoisotopic (exact) mass is 258 g/mol. The molecule has 0 radical (unpaired) electrons. The topological polar surface area (TPSA) is 32.8 Å². The van der Waals surface area contributed by atoms with Crippen LogP contribution in [0, 0.1) is 5.92 Å². The fourth-order valence-electron chi connectivity index (χ4n) is 1.66. The SMILES string of the molecule is CC.CCC(C)C(=O)OCCN1CCN(C)CC1. The van der Waals surface area contributed by atoms with E-state index in [-0.39, 0.29) is 11.9 Å². The maximum absolute atomic E-state index is 11.4. The number of rotatable bonds is 5. The summed E-state index contributed by atoms with van der Waals surface area (Å²) < 4.78 is 5.23.